The van der Waals surface area contributed by atoms with Crippen molar-refractivity contribution in [2.24, 2.45) is 4.99 Å². The van der Waals surface area contributed by atoms with Crippen LogP contribution in [0.3, 0.4) is 0 Å². The summed E-state index contributed by atoms with van der Waals surface area (Å²) in [6, 6.07) is 15.8. The van der Waals surface area contributed by atoms with Crippen molar-refractivity contribution >= 4 is 29.1 Å². The third kappa shape index (κ3) is 3.73. The lowest BCUT2D eigenvalue weighted by atomic mass is 9.75. The quantitative estimate of drug-likeness (QED) is 0.530. The number of amides is 1. The average Bonchev–Trinajstić information content (AvgIpc) is 3.32. The van der Waals surface area contributed by atoms with Crippen LogP contribution in [-0.4, -0.2) is 23.4 Å². The number of esters is 1. The van der Waals surface area contributed by atoms with E-state index in [1.807, 2.05) is 30.3 Å². The van der Waals surface area contributed by atoms with Crippen LogP contribution < -0.4 is 10.6 Å². The molecule has 33 heavy (non-hydrogen) atoms. The largest absolute Gasteiger partial charge is 0.451 e. The molecular formula is C26H24FN3O3. The van der Waals surface area contributed by atoms with Crippen molar-refractivity contribution in [2.45, 2.75) is 44.6 Å². The van der Waals surface area contributed by atoms with Gasteiger partial charge in [0.15, 0.2) is 0 Å². The van der Waals surface area contributed by atoms with E-state index in [0.717, 1.165) is 43.2 Å². The number of benzene rings is 2. The van der Waals surface area contributed by atoms with Crippen molar-refractivity contribution in [1.29, 1.82) is 0 Å². The number of para-hydroxylation sites is 1. The van der Waals surface area contributed by atoms with Crippen LogP contribution >= 0.6 is 0 Å². The van der Waals surface area contributed by atoms with Gasteiger partial charge in [0, 0.05) is 5.57 Å². The Labute approximate surface area is 191 Å². The van der Waals surface area contributed by atoms with Crippen LogP contribution in [0.15, 0.2) is 76.4 Å². The number of halogens is 1. The van der Waals surface area contributed by atoms with Crippen LogP contribution in [0.1, 0.15) is 44.6 Å². The Kier molecular flexibility index (Phi) is 5.32. The lowest BCUT2D eigenvalue weighted by Crippen LogP contribution is -2.33. The van der Waals surface area contributed by atoms with E-state index in [2.05, 4.69) is 15.6 Å². The fourth-order valence-corrected chi connectivity index (χ4v) is 4.92. The molecule has 2 aliphatic heterocycles. The summed E-state index contributed by atoms with van der Waals surface area (Å²) in [5.41, 5.74) is 2.21. The van der Waals surface area contributed by atoms with Gasteiger partial charge in [-0.1, -0.05) is 48.9 Å². The van der Waals surface area contributed by atoms with Gasteiger partial charge in [-0.05, 0) is 55.9 Å². The first kappa shape index (κ1) is 21.1. The summed E-state index contributed by atoms with van der Waals surface area (Å²) < 4.78 is 20.1. The van der Waals surface area contributed by atoms with Gasteiger partial charge in [-0.15, -0.1) is 0 Å². The van der Waals surface area contributed by atoms with E-state index < -0.39 is 23.3 Å². The van der Waals surface area contributed by atoms with Crippen LogP contribution in [-0.2, 0) is 14.3 Å². The Bertz CT molecular complexity index is 1220. The highest BCUT2D eigenvalue weighted by Crippen LogP contribution is 2.50. The van der Waals surface area contributed by atoms with Gasteiger partial charge in [-0.25, -0.2) is 14.2 Å². The number of nitrogens with one attached hydrogen (secondary N) is 2. The normalized spacial score (nSPS) is 21.1. The van der Waals surface area contributed by atoms with Crippen molar-refractivity contribution in [3.8, 4) is 0 Å². The van der Waals surface area contributed by atoms with Crippen molar-refractivity contribution < 1.29 is 18.7 Å². The number of ether oxygens (including phenoxy) is 1. The first-order valence-corrected chi connectivity index (χ1v) is 11.1. The molecule has 5 rings (SSSR count). The number of anilines is 1. The van der Waals surface area contributed by atoms with Gasteiger partial charge in [0.25, 0.3) is 5.91 Å². The van der Waals surface area contributed by atoms with Gasteiger partial charge in [0.2, 0.25) is 5.96 Å². The zero-order valence-electron chi connectivity index (χ0n) is 18.3. The maximum atomic E-state index is 14.0. The first-order valence-electron chi connectivity index (χ1n) is 11.1. The predicted octanol–water partition coefficient (Wildman–Crippen LogP) is 4.71. The number of rotatable bonds is 3. The molecule has 7 heteroatoms. The second kappa shape index (κ2) is 8.31. The molecule has 2 heterocycles. The Morgan fingerprint density at radius 3 is 2.45 bits per heavy atom. The minimum Gasteiger partial charge on any atom is -0.451 e. The zero-order chi connectivity index (χ0) is 23.0. The fourth-order valence-electron chi connectivity index (χ4n) is 4.92. The summed E-state index contributed by atoms with van der Waals surface area (Å²) in [7, 11) is 0. The van der Waals surface area contributed by atoms with Crippen molar-refractivity contribution in [1.82, 2.24) is 5.32 Å². The second-order valence-electron chi connectivity index (χ2n) is 8.55. The molecule has 0 unspecified atom stereocenters. The van der Waals surface area contributed by atoms with Crippen molar-refractivity contribution in [3.63, 3.8) is 0 Å². The van der Waals surface area contributed by atoms with Crippen molar-refractivity contribution in [3.05, 3.63) is 82.8 Å². The van der Waals surface area contributed by atoms with E-state index in [-0.39, 0.29) is 17.3 Å². The molecule has 2 aromatic carbocycles. The van der Waals surface area contributed by atoms with E-state index in [1.54, 1.807) is 25.1 Å². The fraction of sp³-hybridized carbons (Fsp3) is 0.269. The summed E-state index contributed by atoms with van der Waals surface area (Å²) in [4.78, 5) is 30.3. The Morgan fingerprint density at radius 2 is 1.73 bits per heavy atom. The van der Waals surface area contributed by atoms with Crippen LogP contribution in [0.5, 0.6) is 0 Å². The maximum absolute atomic E-state index is 14.0. The van der Waals surface area contributed by atoms with E-state index in [0.29, 0.717) is 11.1 Å². The molecule has 1 spiro atoms. The number of carbonyl (C=O) groups excluding carboxylic acids is 2. The standard InChI is InChI=1S/C26H24FN3O3/c1-16(22-23(31)30-25(29-22)28-19-13-7-6-12-18(19)27)20-21(17-10-4-2-5-11-17)26(33-24(20)32)14-8-3-9-15-26/h2,4-7,10-13H,3,8-9,14-15H2,1H3,(H2,28,29,30,31)/b22-16+. The van der Waals surface area contributed by atoms with Crippen molar-refractivity contribution in [2.75, 3.05) is 5.32 Å². The molecule has 6 nitrogen and oxygen atoms in total. The summed E-state index contributed by atoms with van der Waals surface area (Å²) in [5, 5.41) is 5.43. The first-order chi connectivity index (χ1) is 16.0. The molecule has 0 aromatic heterocycles. The molecule has 0 radical (unpaired) electrons. The van der Waals surface area contributed by atoms with E-state index in [9.17, 15) is 14.0 Å². The average molecular weight is 445 g/mol. The number of guanidine groups is 1. The van der Waals surface area contributed by atoms with Gasteiger partial charge in [0.05, 0.1) is 11.3 Å². The maximum Gasteiger partial charge on any atom is 0.339 e. The SMILES string of the molecule is C/C(C1=C(c2ccccc2)C2(CCCCC2)OC1=O)=C1\N=C(Nc2ccccc2F)NC1=O. The molecule has 1 fully saturated rings. The summed E-state index contributed by atoms with van der Waals surface area (Å²) in [6.45, 7) is 1.71. The highest BCUT2D eigenvalue weighted by Gasteiger charge is 2.49. The highest BCUT2D eigenvalue weighted by molar-refractivity contribution is 6.18. The van der Waals surface area contributed by atoms with Gasteiger partial charge >= 0.3 is 5.97 Å². The molecule has 1 aliphatic carbocycles. The molecule has 2 N–H and O–H groups in total. The Balaban J connectivity index is 1.61. The number of aliphatic imine (C=N–C) groups is 1. The molecule has 168 valence electrons. The number of carbonyl (C=O) groups is 2. The van der Waals surface area contributed by atoms with E-state index in [1.165, 1.54) is 6.07 Å². The van der Waals surface area contributed by atoms with Gasteiger partial charge in [-0.3, -0.25) is 10.1 Å². The lowest BCUT2D eigenvalue weighted by molar-refractivity contribution is -0.147. The predicted molar refractivity (Wildman–Crippen MR) is 124 cm³/mol. The molecule has 1 saturated carbocycles. The lowest BCUT2D eigenvalue weighted by Gasteiger charge is -2.34. The number of nitrogens with zero attached hydrogens (tertiary/aromatic N) is 1. The van der Waals surface area contributed by atoms with Gasteiger partial charge in [-0.2, -0.15) is 0 Å². The molecule has 0 atom stereocenters. The third-order valence-corrected chi connectivity index (χ3v) is 6.45. The topological polar surface area (TPSA) is 79.8 Å². The van der Waals surface area contributed by atoms with Crippen LogP contribution in [0.4, 0.5) is 10.1 Å². The molecule has 2 aromatic rings. The van der Waals surface area contributed by atoms with Gasteiger partial charge < -0.3 is 10.1 Å². The second-order valence-corrected chi connectivity index (χ2v) is 8.55. The van der Waals surface area contributed by atoms with Gasteiger partial charge in [0.1, 0.15) is 17.1 Å². The Hall–Kier alpha value is -3.74. The molecule has 0 saturated heterocycles. The Morgan fingerprint density at radius 1 is 1.03 bits per heavy atom. The molecular weight excluding hydrogens is 421 g/mol. The molecule has 0 bridgehead atoms. The smallest absolute Gasteiger partial charge is 0.339 e. The highest BCUT2D eigenvalue weighted by atomic mass is 19.1. The summed E-state index contributed by atoms with van der Waals surface area (Å²) in [6.07, 6.45) is 4.56. The molecule has 1 amide bonds. The number of hydrogen-bond donors (Lipinski definition) is 2. The van der Waals surface area contributed by atoms with Crippen LogP contribution in [0.25, 0.3) is 5.57 Å². The zero-order valence-corrected chi connectivity index (χ0v) is 18.3. The summed E-state index contributed by atoms with van der Waals surface area (Å²) >= 11 is 0. The van der Waals surface area contributed by atoms with E-state index in [4.69, 9.17) is 4.74 Å². The molecule has 3 aliphatic rings. The van der Waals surface area contributed by atoms with Crippen LogP contribution in [0.2, 0.25) is 0 Å². The summed E-state index contributed by atoms with van der Waals surface area (Å²) in [5.74, 6) is -1.24. The minimum atomic E-state index is -0.680. The number of hydrogen-bond acceptors (Lipinski definition) is 5. The monoisotopic (exact) mass is 445 g/mol. The van der Waals surface area contributed by atoms with Crippen LogP contribution in [0, 0.1) is 5.82 Å². The van der Waals surface area contributed by atoms with E-state index >= 15 is 0 Å². The minimum absolute atomic E-state index is 0.111. The third-order valence-electron chi connectivity index (χ3n) is 6.45.